The van der Waals surface area contributed by atoms with Crippen LogP contribution in [0.1, 0.15) is 0 Å². The molecular weight excluding hydrogens is 182 g/mol. The molecule has 1 amide bonds. The van der Waals surface area contributed by atoms with Crippen LogP contribution in [0.3, 0.4) is 0 Å². The van der Waals surface area contributed by atoms with Crippen molar-refractivity contribution in [1.82, 2.24) is 4.90 Å². The molecule has 0 N–H and O–H groups in total. The summed E-state index contributed by atoms with van der Waals surface area (Å²) in [6.07, 6.45) is 4.46. The Balaban J connectivity index is 2.25. The van der Waals surface area contributed by atoms with Crippen LogP contribution in [0.25, 0.3) is 0 Å². The fraction of sp³-hybridized carbons (Fsp3) is 0.500. The van der Waals surface area contributed by atoms with Crippen molar-refractivity contribution in [3.8, 4) is 0 Å². The number of carbonyl (C=O) groups is 1. The summed E-state index contributed by atoms with van der Waals surface area (Å²) in [6, 6.07) is 0. The molecule has 4 heteroatoms. The van der Waals surface area contributed by atoms with Crippen LogP contribution in [0, 0.1) is 0 Å². The third-order valence-electron chi connectivity index (χ3n) is 1.84. The van der Waals surface area contributed by atoms with E-state index in [0.29, 0.717) is 32.9 Å². The molecule has 1 aliphatic rings. The predicted molar refractivity (Wildman–Crippen MR) is 52.7 cm³/mol. The Morgan fingerprint density at radius 3 is 2.86 bits per heavy atom. The van der Waals surface area contributed by atoms with Crippen molar-refractivity contribution < 1.29 is 14.3 Å². The molecule has 0 bridgehead atoms. The van der Waals surface area contributed by atoms with Gasteiger partial charge in [-0.05, 0) is 0 Å². The van der Waals surface area contributed by atoms with Crippen LogP contribution < -0.4 is 0 Å². The quantitative estimate of drug-likeness (QED) is 0.286. The molecule has 14 heavy (non-hydrogen) atoms. The van der Waals surface area contributed by atoms with E-state index in [1.54, 1.807) is 11.0 Å². The van der Waals surface area contributed by atoms with Crippen LogP contribution in [-0.2, 0) is 14.3 Å². The molecule has 0 spiro atoms. The highest BCUT2D eigenvalue weighted by Gasteiger charge is 2.13. The lowest BCUT2D eigenvalue weighted by atomic mass is 10.4. The third-order valence-corrected chi connectivity index (χ3v) is 1.84. The molecule has 1 saturated heterocycles. The van der Waals surface area contributed by atoms with E-state index in [9.17, 15) is 4.79 Å². The number of ether oxygens (including phenoxy) is 2. The van der Waals surface area contributed by atoms with Gasteiger partial charge in [0.2, 0.25) is 5.91 Å². The third kappa shape index (κ3) is 3.62. The second-order valence-electron chi connectivity index (χ2n) is 2.86. The lowest BCUT2D eigenvalue weighted by Crippen LogP contribution is -2.39. The number of hydrogen-bond acceptors (Lipinski definition) is 3. The van der Waals surface area contributed by atoms with Crippen molar-refractivity contribution in [2.45, 2.75) is 0 Å². The van der Waals surface area contributed by atoms with E-state index in [1.807, 2.05) is 0 Å². The van der Waals surface area contributed by atoms with E-state index >= 15 is 0 Å². The number of amides is 1. The molecule has 0 unspecified atom stereocenters. The second-order valence-corrected chi connectivity index (χ2v) is 2.86. The fourth-order valence-electron chi connectivity index (χ4n) is 1.12. The molecule has 0 aromatic carbocycles. The summed E-state index contributed by atoms with van der Waals surface area (Å²) in [7, 11) is 0. The van der Waals surface area contributed by atoms with Crippen molar-refractivity contribution in [3.63, 3.8) is 0 Å². The van der Waals surface area contributed by atoms with Crippen molar-refractivity contribution in [2.75, 3.05) is 32.9 Å². The Morgan fingerprint density at radius 1 is 1.50 bits per heavy atom. The van der Waals surface area contributed by atoms with Gasteiger partial charge in [0.25, 0.3) is 0 Å². The molecule has 1 fully saturated rings. The molecule has 78 valence electrons. The van der Waals surface area contributed by atoms with E-state index in [0.717, 1.165) is 0 Å². The topological polar surface area (TPSA) is 38.8 Å². The van der Waals surface area contributed by atoms with Crippen molar-refractivity contribution in [2.24, 2.45) is 0 Å². The number of rotatable bonds is 4. The van der Waals surface area contributed by atoms with Gasteiger partial charge in [0, 0.05) is 19.2 Å². The Bertz CT molecular complexity index is 219. The van der Waals surface area contributed by atoms with Gasteiger partial charge >= 0.3 is 0 Å². The fourth-order valence-corrected chi connectivity index (χ4v) is 1.12. The van der Waals surface area contributed by atoms with Crippen LogP contribution in [0.5, 0.6) is 0 Å². The van der Waals surface area contributed by atoms with Crippen LogP contribution in [0.2, 0.25) is 0 Å². The Morgan fingerprint density at radius 2 is 2.21 bits per heavy atom. The second kappa shape index (κ2) is 6.21. The van der Waals surface area contributed by atoms with Gasteiger partial charge in [-0.3, -0.25) is 4.79 Å². The molecule has 1 aliphatic heterocycles. The Kier molecular flexibility index (Phi) is 4.78. The minimum Gasteiger partial charge on any atom is -0.497 e. The highest BCUT2D eigenvalue weighted by molar-refractivity contribution is 5.87. The van der Waals surface area contributed by atoms with Crippen molar-refractivity contribution >= 4 is 5.91 Å². The smallest absolute Gasteiger partial charge is 0.249 e. The Hall–Kier alpha value is -1.29. The van der Waals surface area contributed by atoms with Gasteiger partial charge in [-0.1, -0.05) is 12.7 Å². The molecule has 0 aromatic rings. The SMILES string of the molecule is C=CCOC=CC(=O)N1CCOCC1. The average Bonchev–Trinajstić information content (AvgIpc) is 2.25. The molecule has 1 rings (SSSR count). The summed E-state index contributed by atoms with van der Waals surface area (Å²) in [5.74, 6) is -0.0302. The largest absolute Gasteiger partial charge is 0.497 e. The summed E-state index contributed by atoms with van der Waals surface area (Å²) in [5.41, 5.74) is 0. The first-order valence-corrected chi connectivity index (χ1v) is 4.60. The Labute approximate surface area is 83.8 Å². The van der Waals surface area contributed by atoms with E-state index in [2.05, 4.69) is 6.58 Å². The summed E-state index contributed by atoms with van der Waals surface area (Å²) in [6.45, 7) is 6.47. The minimum atomic E-state index is -0.0302. The average molecular weight is 197 g/mol. The normalized spacial score (nSPS) is 17.0. The minimum absolute atomic E-state index is 0.0302. The molecule has 0 aromatic heterocycles. The zero-order valence-electron chi connectivity index (χ0n) is 8.15. The number of carbonyl (C=O) groups excluding carboxylic acids is 1. The molecule has 1 heterocycles. The maximum Gasteiger partial charge on any atom is 0.249 e. The maximum atomic E-state index is 11.4. The van der Waals surface area contributed by atoms with Crippen molar-refractivity contribution in [1.29, 1.82) is 0 Å². The summed E-state index contributed by atoms with van der Waals surface area (Å²) in [5, 5.41) is 0. The first kappa shape index (κ1) is 10.8. The van der Waals surface area contributed by atoms with Gasteiger partial charge in [-0.15, -0.1) is 0 Å². The lowest BCUT2D eigenvalue weighted by Gasteiger charge is -2.25. The van der Waals surface area contributed by atoms with Crippen LogP contribution >= 0.6 is 0 Å². The van der Waals surface area contributed by atoms with E-state index < -0.39 is 0 Å². The predicted octanol–water partition coefficient (Wildman–Crippen LogP) is 0.561. The molecule has 0 radical (unpaired) electrons. The number of hydrogen-bond donors (Lipinski definition) is 0. The molecule has 4 nitrogen and oxygen atoms in total. The molecule has 0 atom stereocenters. The molecular formula is C10H15NO3. The highest BCUT2D eigenvalue weighted by Crippen LogP contribution is 1.98. The first-order valence-electron chi connectivity index (χ1n) is 4.60. The van der Waals surface area contributed by atoms with E-state index in [4.69, 9.17) is 9.47 Å². The zero-order valence-corrected chi connectivity index (χ0v) is 8.15. The maximum absolute atomic E-state index is 11.4. The van der Waals surface area contributed by atoms with Gasteiger partial charge in [-0.25, -0.2) is 0 Å². The number of morpholine rings is 1. The first-order chi connectivity index (χ1) is 6.84. The van der Waals surface area contributed by atoms with Gasteiger partial charge in [0.1, 0.15) is 6.61 Å². The van der Waals surface area contributed by atoms with Gasteiger partial charge < -0.3 is 14.4 Å². The van der Waals surface area contributed by atoms with Gasteiger partial charge in [-0.2, -0.15) is 0 Å². The van der Waals surface area contributed by atoms with Crippen LogP contribution in [0.15, 0.2) is 25.0 Å². The van der Waals surface area contributed by atoms with Crippen LogP contribution in [-0.4, -0.2) is 43.7 Å². The number of nitrogens with zero attached hydrogens (tertiary/aromatic N) is 1. The zero-order chi connectivity index (χ0) is 10.2. The summed E-state index contributed by atoms with van der Waals surface area (Å²) >= 11 is 0. The summed E-state index contributed by atoms with van der Waals surface area (Å²) < 4.78 is 10.1. The van der Waals surface area contributed by atoms with Gasteiger partial charge in [0.15, 0.2) is 0 Å². The molecule has 0 aliphatic carbocycles. The summed E-state index contributed by atoms with van der Waals surface area (Å²) in [4.78, 5) is 13.2. The highest BCUT2D eigenvalue weighted by atomic mass is 16.5. The van der Waals surface area contributed by atoms with Gasteiger partial charge in [0.05, 0.1) is 19.5 Å². The van der Waals surface area contributed by atoms with E-state index in [1.165, 1.54) is 12.3 Å². The standard InChI is InChI=1S/C10H15NO3/c1-2-6-13-7-3-10(12)11-4-8-14-9-5-11/h2-3,7H,1,4-6,8-9H2. The molecule has 0 saturated carbocycles. The lowest BCUT2D eigenvalue weighted by molar-refractivity contribution is -0.130. The monoisotopic (exact) mass is 197 g/mol. The van der Waals surface area contributed by atoms with Crippen molar-refractivity contribution in [3.05, 3.63) is 25.0 Å². The van der Waals surface area contributed by atoms with E-state index in [-0.39, 0.29) is 5.91 Å². The van der Waals surface area contributed by atoms with Crippen LogP contribution in [0.4, 0.5) is 0 Å².